The molecule has 2 atom stereocenters. The minimum absolute atomic E-state index is 0.361. The Bertz CT molecular complexity index is 406. The number of hydrogen-bond acceptors (Lipinski definition) is 3. The van der Waals surface area contributed by atoms with Gasteiger partial charge in [-0.1, -0.05) is 19.8 Å². The Labute approximate surface area is 116 Å². The Hall–Kier alpha value is -1.09. The minimum Gasteiger partial charge on any atom is -0.489 e. The molecule has 0 amide bonds. The highest BCUT2D eigenvalue weighted by Gasteiger charge is 2.22. The van der Waals surface area contributed by atoms with E-state index in [9.17, 15) is 0 Å². The molecule has 3 nitrogen and oxygen atoms in total. The van der Waals surface area contributed by atoms with Gasteiger partial charge in [0.1, 0.15) is 5.75 Å². The van der Waals surface area contributed by atoms with Gasteiger partial charge in [-0.2, -0.15) is 0 Å². The second-order valence-corrected chi connectivity index (χ2v) is 5.62. The summed E-state index contributed by atoms with van der Waals surface area (Å²) in [5.74, 6) is 1.77. The van der Waals surface area contributed by atoms with Crippen molar-refractivity contribution in [1.29, 1.82) is 0 Å². The number of aromatic nitrogens is 1. The van der Waals surface area contributed by atoms with Gasteiger partial charge in [0.2, 0.25) is 0 Å². The predicted molar refractivity (Wildman–Crippen MR) is 78.4 cm³/mol. The van der Waals surface area contributed by atoms with Gasteiger partial charge in [-0.05, 0) is 50.8 Å². The van der Waals surface area contributed by atoms with Crippen molar-refractivity contribution in [3.63, 3.8) is 0 Å². The quantitative estimate of drug-likeness (QED) is 0.886. The molecule has 1 aromatic heterocycles. The molecule has 1 heterocycles. The minimum atomic E-state index is 0.361. The Morgan fingerprint density at radius 3 is 2.95 bits per heavy atom. The number of aryl methyl sites for hydroxylation is 1. The number of hydrogen-bond donors (Lipinski definition) is 1. The molecule has 1 aliphatic rings. The topological polar surface area (TPSA) is 48.1 Å². The van der Waals surface area contributed by atoms with Gasteiger partial charge in [0.05, 0.1) is 11.8 Å². The molecule has 2 unspecified atom stereocenters. The van der Waals surface area contributed by atoms with Crippen LogP contribution in [0.4, 0.5) is 0 Å². The van der Waals surface area contributed by atoms with E-state index in [1.165, 1.54) is 32.1 Å². The first-order chi connectivity index (χ1) is 9.22. The van der Waals surface area contributed by atoms with E-state index < -0.39 is 0 Å². The fourth-order valence-corrected chi connectivity index (χ4v) is 2.92. The van der Waals surface area contributed by atoms with Crippen LogP contribution in [0.25, 0.3) is 0 Å². The summed E-state index contributed by atoms with van der Waals surface area (Å²) in [6.07, 6.45) is 7.42. The first kappa shape index (κ1) is 14.3. The zero-order valence-corrected chi connectivity index (χ0v) is 12.2. The van der Waals surface area contributed by atoms with Crippen molar-refractivity contribution in [2.45, 2.75) is 58.5 Å². The van der Waals surface area contributed by atoms with Crippen molar-refractivity contribution in [3.8, 4) is 5.75 Å². The molecule has 0 radical (unpaired) electrons. The van der Waals surface area contributed by atoms with Crippen LogP contribution in [0.5, 0.6) is 5.75 Å². The zero-order chi connectivity index (χ0) is 13.7. The summed E-state index contributed by atoms with van der Waals surface area (Å²) >= 11 is 0. The lowest BCUT2D eigenvalue weighted by Crippen LogP contribution is -2.25. The van der Waals surface area contributed by atoms with E-state index >= 15 is 0 Å². The molecule has 3 heteroatoms. The average Bonchev–Trinajstić information content (AvgIpc) is 2.42. The number of pyridine rings is 1. The van der Waals surface area contributed by atoms with Crippen molar-refractivity contribution in [2.75, 3.05) is 6.54 Å². The summed E-state index contributed by atoms with van der Waals surface area (Å²) in [5, 5.41) is 0. The molecule has 1 saturated carbocycles. The summed E-state index contributed by atoms with van der Waals surface area (Å²) in [5.41, 5.74) is 7.71. The highest BCUT2D eigenvalue weighted by Crippen LogP contribution is 2.30. The first-order valence-corrected chi connectivity index (χ1v) is 7.56. The fraction of sp³-hybridized carbons (Fsp3) is 0.688. The lowest BCUT2D eigenvalue weighted by molar-refractivity contribution is 0.120. The van der Waals surface area contributed by atoms with Crippen molar-refractivity contribution < 1.29 is 4.74 Å². The van der Waals surface area contributed by atoms with Crippen molar-refractivity contribution in [2.24, 2.45) is 11.7 Å². The lowest BCUT2D eigenvalue weighted by atomic mass is 9.85. The Balaban J connectivity index is 2.05. The van der Waals surface area contributed by atoms with Crippen LogP contribution in [-0.2, 0) is 6.42 Å². The molecule has 106 valence electrons. The average molecular weight is 262 g/mol. The number of nitrogens with zero attached hydrogens (tertiary/aromatic N) is 1. The largest absolute Gasteiger partial charge is 0.489 e. The molecule has 0 saturated heterocycles. The van der Waals surface area contributed by atoms with E-state index in [1.54, 1.807) is 0 Å². The maximum absolute atomic E-state index is 6.21. The molecule has 1 aromatic rings. The van der Waals surface area contributed by atoms with Gasteiger partial charge in [0.15, 0.2) is 0 Å². The Morgan fingerprint density at radius 1 is 1.37 bits per heavy atom. The summed E-state index contributed by atoms with van der Waals surface area (Å²) in [4.78, 5) is 4.56. The van der Waals surface area contributed by atoms with Crippen LogP contribution in [0.2, 0.25) is 0 Å². The smallest absolute Gasteiger partial charge is 0.141 e. The summed E-state index contributed by atoms with van der Waals surface area (Å²) in [7, 11) is 0. The third-order valence-corrected chi connectivity index (χ3v) is 4.06. The van der Waals surface area contributed by atoms with Gasteiger partial charge in [0, 0.05) is 12.1 Å². The third-order valence-electron chi connectivity index (χ3n) is 4.06. The third kappa shape index (κ3) is 3.93. The maximum atomic E-state index is 6.21. The maximum Gasteiger partial charge on any atom is 0.141 e. The van der Waals surface area contributed by atoms with Crippen LogP contribution < -0.4 is 10.5 Å². The lowest BCUT2D eigenvalue weighted by Gasteiger charge is -2.29. The molecule has 19 heavy (non-hydrogen) atoms. The van der Waals surface area contributed by atoms with E-state index in [0.717, 1.165) is 29.5 Å². The standard InChI is InChI=1S/C16H26N2O/c1-3-13-5-4-6-14(11-13)19-16-8-7-12(2)18-15(16)9-10-17/h7-8,13-14H,3-6,9-11,17H2,1-2H3. The molecule has 1 fully saturated rings. The van der Waals surface area contributed by atoms with Gasteiger partial charge in [0.25, 0.3) is 0 Å². The van der Waals surface area contributed by atoms with Crippen LogP contribution in [0.1, 0.15) is 50.4 Å². The van der Waals surface area contributed by atoms with E-state index in [1.807, 2.05) is 13.0 Å². The van der Waals surface area contributed by atoms with Crippen LogP contribution in [-0.4, -0.2) is 17.6 Å². The van der Waals surface area contributed by atoms with E-state index in [2.05, 4.69) is 18.0 Å². The van der Waals surface area contributed by atoms with E-state index in [-0.39, 0.29) is 0 Å². The summed E-state index contributed by atoms with van der Waals surface area (Å²) < 4.78 is 6.21. The normalized spacial score (nSPS) is 23.3. The molecule has 0 bridgehead atoms. The summed E-state index contributed by atoms with van der Waals surface area (Å²) in [6.45, 7) is 4.91. The number of rotatable bonds is 5. The van der Waals surface area contributed by atoms with E-state index in [0.29, 0.717) is 12.6 Å². The van der Waals surface area contributed by atoms with Crippen LogP contribution >= 0.6 is 0 Å². The van der Waals surface area contributed by atoms with E-state index in [4.69, 9.17) is 10.5 Å². The summed E-state index contributed by atoms with van der Waals surface area (Å²) in [6, 6.07) is 4.08. The Morgan fingerprint density at radius 2 is 2.21 bits per heavy atom. The second kappa shape index (κ2) is 6.90. The van der Waals surface area contributed by atoms with Gasteiger partial charge in [-0.3, -0.25) is 4.98 Å². The molecular formula is C16H26N2O. The van der Waals surface area contributed by atoms with Crippen LogP contribution in [0.15, 0.2) is 12.1 Å². The molecule has 0 spiro atoms. The van der Waals surface area contributed by atoms with Gasteiger partial charge in [-0.25, -0.2) is 0 Å². The van der Waals surface area contributed by atoms with Gasteiger partial charge >= 0.3 is 0 Å². The SMILES string of the molecule is CCC1CCCC(Oc2ccc(C)nc2CCN)C1. The molecule has 1 aliphatic carbocycles. The van der Waals surface area contributed by atoms with Gasteiger partial charge < -0.3 is 10.5 Å². The van der Waals surface area contributed by atoms with Gasteiger partial charge in [-0.15, -0.1) is 0 Å². The highest BCUT2D eigenvalue weighted by atomic mass is 16.5. The highest BCUT2D eigenvalue weighted by molar-refractivity contribution is 5.29. The molecule has 2 N–H and O–H groups in total. The zero-order valence-electron chi connectivity index (χ0n) is 12.2. The molecular weight excluding hydrogens is 236 g/mol. The van der Waals surface area contributed by atoms with Crippen LogP contribution in [0.3, 0.4) is 0 Å². The first-order valence-electron chi connectivity index (χ1n) is 7.56. The molecule has 2 rings (SSSR count). The predicted octanol–water partition coefficient (Wildman–Crippen LogP) is 3.24. The van der Waals surface area contributed by atoms with Crippen LogP contribution in [0, 0.1) is 12.8 Å². The molecule has 0 aliphatic heterocycles. The van der Waals surface area contributed by atoms with Crippen molar-refractivity contribution in [1.82, 2.24) is 4.98 Å². The Kier molecular flexibility index (Phi) is 5.20. The van der Waals surface area contributed by atoms with Crippen molar-refractivity contribution >= 4 is 0 Å². The molecule has 0 aromatic carbocycles. The monoisotopic (exact) mass is 262 g/mol. The fourth-order valence-electron chi connectivity index (χ4n) is 2.92. The second-order valence-electron chi connectivity index (χ2n) is 5.62. The van der Waals surface area contributed by atoms with Crippen molar-refractivity contribution in [3.05, 3.63) is 23.5 Å². The number of ether oxygens (including phenoxy) is 1. The number of nitrogens with two attached hydrogens (primary N) is 1.